The summed E-state index contributed by atoms with van der Waals surface area (Å²) in [4.78, 5) is 25.6. The molecule has 0 N–H and O–H groups in total. The Balaban J connectivity index is 1.98. The van der Waals surface area contributed by atoms with Gasteiger partial charge in [0, 0.05) is 12.6 Å². The number of carbonyl (C=O) groups excluding carboxylic acids is 2. The lowest BCUT2D eigenvalue weighted by molar-refractivity contribution is -0.159. The summed E-state index contributed by atoms with van der Waals surface area (Å²) in [6.07, 6.45) is 5.49. The first-order valence-electron chi connectivity index (χ1n) is 6.18. The molecule has 2 saturated carbocycles. The highest BCUT2D eigenvalue weighted by molar-refractivity contribution is 5.87. The zero-order valence-electron chi connectivity index (χ0n) is 10.2. The van der Waals surface area contributed by atoms with Crippen LogP contribution in [0.25, 0.3) is 0 Å². The highest BCUT2D eigenvalue weighted by atomic mass is 16.5. The van der Waals surface area contributed by atoms with Crippen LogP contribution in [0.2, 0.25) is 0 Å². The maximum Gasteiger partial charge on any atom is 0.309 e. The van der Waals surface area contributed by atoms with Crippen LogP contribution in [0.15, 0.2) is 12.7 Å². The summed E-state index contributed by atoms with van der Waals surface area (Å²) < 4.78 is 4.72. The lowest BCUT2D eigenvalue weighted by Gasteiger charge is -2.36. The van der Waals surface area contributed by atoms with Gasteiger partial charge in [0.05, 0.1) is 18.9 Å². The number of esters is 1. The van der Waals surface area contributed by atoms with Crippen LogP contribution in [0, 0.1) is 11.8 Å². The zero-order chi connectivity index (χ0) is 12.4. The number of rotatable bonds is 5. The van der Waals surface area contributed by atoms with Gasteiger partial charge in [0.1, 0.15) is 0 Å². The van der Waals surface area contributed by atoms with Crippen LogP contribution in [-0.2, 0) is 14.3 Å². The highest BCUT2D eigenvalue weighted by Crippen LogP contribution is 2.39. The predicted molar refractivity (Wildman–Crippen MR) is 63.2 cm³/mol. The van der Waals surface area contributed by atoms with E-state index in [2.05, 4.69) is 6.58 Å². The molecule has 4 heteroatoms. The van der Waals surface area contributed by atoms with Gasteiger partial charge in [-0.05, 0) is 25.7 Å². The molecule has 2 atom stereocenters. The Bertz CT molecular complexity index is 336. The zero-order valence-corrected chi connectivity index (χ0v) is 10.2. The van der Waals surface area contributed by atoms with Gasteiger partial charge in [-0.3, -0.25) is 9.59 Å². The quantitative estimate of drug-likeness (QED) is 0.536. The Morgan fingerprint density at radius 1 is 1.29 bits per heavy atom. The van der Waals surface area contributed by atoms with Gasteiger partial charge in [-0.1, -0.05) is 6.08 Å². The Hall–Kier alpha value is -1.32. The Kier molecular flexibility index (Phi) is 3.50. The average Bonchev–Trinajstić information content (AvgIpc) is 3.07. The molecular formula is C13H19NO3. The van der Waals surface area contributed by atoms with Crippen LogP contribution in [0.1, 0.15) is 25.7 Å². The van der Waals surface area contributed by atoms with Crippen LogP contribution in [0.3, 0.4) is 0 Å². The number of carbonyl (C=O) groups is 2. The van der Waals surface area contributed by atoms with Gasteiger partial charge >= 0.3 is 5.97 Å². The van der Waals surface area contributed by atoms with Crippen molar-refractivity contribution < 1.29 is 14.3 Å². The van der Waals surface area contributed by atoms with E-state index in [4.69, 9.17) is 4.74 Å². The minimum atomic E-state index is -0.246. The molecule has 0 aromatic heterocycles. The second kappa shape index (κ2) is 4.90. The molecule has 0 aromatic rings. The highest BCUT2D eigenvalue weighted by Gasteiger charge is 2.45. The van der Waals surface area contributed by atoms with Gasteiger partial charge in [-0.15, -0.1) is 6.58 Å². The van der Waals surface area contributed by atoms with E-state index in [1.165, 1.54) is 7.11 Å². The van der Waals surface area contributed by atoms with E-state index in [1.54, 1.807) is 6.08 Å². The maximum absolute atomic E-state index is 12.3. The fourth-order valence-corrected chi connectivity index (χ4v) is 2.39. The van der Waals surface area contributed by atoms with Gasteiger partial charge in [0.25, 0.3) is 0 Å². The van der Waals surface area contributed by atoms with Crippen molar-refractivity contribution in [2.24, 2.45) is 11.8 Å². The van der Waals surface area contributed by atoms with E-state index in [-0.39, 0.29) is 23.7 Å². The Labute approximate surface area is 102 Å². The van der Waals surface area contributed by atoms with Gasteiger partial charge in [-0.25, -0.2) is 0 Å². The summed E-state index contributed by atoms with van der Waals surface area (Å²) in [5.41, 5.74) is 0. The smallest absolute Gasteiger partial charge is 0.309 e. The summed E-state index contributed by atoms with van der Waals surface area (Å²) in [6, 6.07) is 0.374. The van der Waals surface area contributed by atoms with E-state index in [1.807, 2.05) is 4.90 Å². The van der Waals surface area contributed by atoms with E-state index in [0.717, 1.165) is 25.7 Å². The topological polar surface area (TPSA) is 46.6 Å². The molecule has 0 heterocycles. The lowest BCUT2D eigenvalue weighted by atomic mass is 9.73. The lowest BCUT2D eigenvalue weighted by Crippen LogP contribution is -2.47. The molecule has 2 aliphatic rings. The molecule has 2 fully saturated rings. The third-order valence-electron chi connectivity index (χ3n) is 3.69. The summed E-state index contributed by atoms with van der Waals surface area (Å²) in [7, 11) is 1.38. The fourth-order valence-electron chi connectivity index (χ4n) is 2.39. The molecule has 1 amide bonds. The SMILES string of the molecule is C=CCN(C(=O)C1CCC1C(=O)OC)C1CC1. The minimum absolute atomic E-state index is 0.106. The number of amides is 1. The molecule has 0 saturated heterocycles. The van der Waals surface area contributed by atoms with E-state index in [0.29, 0.717) is 12.6 Å². The molecule has 17 heavy (non-hydrogen) atoms. The summed E-state index contributed by atoms with van der Waals surface area (Å²) >= 11 is 0. The van der Waals surface area contributed by atoms with Gasteiger partial charge in [0.2, 0.25) is 5.91 Å². The first-order valence-corrected chi connectivity index (χ1v) is 6.18. The van der Waals surface area contributed by atoms with Crippen molar-refractivity contribution in [3.63, 3.8) is 0 Å². The second-order valence-electron chi connectivity index (χ2n) is 4.82. The molecule has 4 nitrogen and oxygen atoms in total. The summed E-state index contributed by atoms with van der Waals surface area (Å²) in [5.74, 6) is -0.528. The minimum Gasteiger partial charge on any atom is -0.469 e. The van der Waals surface area contributed by atoms with Crippen molar-refractivity contribution in [3.05, 3.63) is 12.7 Å². The van der Waals surface area contributed by atoms with Crippen LogP contribution in [0.5, 0.6) is 0 Å². The number of methoxy groups -OCH3 is 1. The average molecular weight is 237 g/mol. The fraction of sp³-hybridized carbons (Fsp3) is 0.692. The van der Waals surface area contributed by atoms with Crippen LogP contribution >= 0.6 is 0 Å². The van der Waals surface area contributed by atoms with Crippen LogP contribution in [0.4, 0.5) is 0 Å². The Morgan fingerprint density at radius 2 is 1.94 bits per heavy atom. The number of hydrogen-bond acceptors (Lipinski definition) is 3. The third kappa shape index (κ3) is 2.35. The molecule has 94 valence electrons. The van der Waals surface area contributed by atoms with Gasteiger partial charge in [-0.2, -0.15) is 0 Å². The maximum atomic E-state index is 12.3. The molecule has 0 aliphatic heterocycles. The van der Waals surface area contributed by atoms with Gasteiger partial charge in [0.15, 0.2) is 0 Å². The molecule has 0 bridgehead atoms. The van der Waals surface area contributed by atoms with Crippen molar-refractivity contribution >= 4 is 11.9 Å². The number of hydrogen-bond donors (Lipinski definition) is 0. The van der Waals surface area contributed by atoms with Crippen molar-refractivity contribution in [2.45, 2.75) is 31.7 Å². The van der Waals surface area contributed by atoms with Crippen molar-refractivity contribution in [1.29, 1.82) is 0 Å². The predicted octanol–water partition coefficient (Wildman–Crippen LogP) is 1.36. The molecule has 2 unspecified atom stereocenters. The molecule has 2 aliphatic carbocycles. The summed E-state index contributed by atoms with van der Waals surface area (Å²) in [6.45, 7) is 4.27. The molecular weight excluding hydrogens is 218 g/mol. The normalized spacial score (nSPS) is 26.9. The molecule has 2 rings (SSSR count). The van der Waals surface area contributed by atoms with Gasteiger partial charge < -0.3 is 9.64 Å². The van der Waals surface area contributed by atoms with Crippen LogP contribution < -0.4 is 0 Å². The second-order valence-corrected chi connectivity index (χ2v) is 4.82. The standard InChI is InChI=1S/C13H19NO3/c1-3-8-14(9-4-5-9)12(15)10-6-7-11(10)13(16)17-2/h3,9-11H,1,4-8H2,2H3. The first-order chi connectivity index (χ1) is 8.19. The molecule has 0 aromatic carbocycles. The van der Waals surface area contributed by atoms with E-state index >= 15 is 0 Å². The number of nitrogens with zero attached hydrogens (tertiary/aromatic N) is 1. The molecule has 0 spiro atoms. The largest absolute Gasteiger partial charge is 0.469 e. The van der Waals surface area contributed by atoms with Crippen molar-refractivity contribution in [1.82, 2.24) is 4.90 Å². The van der Waals surface area contributed by atoms with Crippen molar-refractivity contribution in [3.8, 4) is 0 Å². The molecule has 0 radical (unpaired) electrons. The number of ether oxygens (including phenoxy) is 1. The third-order valence-corrected chi connectivity index (χ3v) is 3.69. The van der Waals surface area contributed by atoms with Crippen molar-refractivity contribution in [2.75, 3.05) is 13.7 Å². The van der Waals surface area contributed by atoms with E-state index in [9.17, 15) is 9.59 Å². The Morgan fingerprint density at radius 3 is 2.35 bits per heavy atom. The van der Waals surface area contributed by atoms with Crippen LogP contribution in [-0.4, -0.2) is 36.5 Å². The van der Waals surface area contributed by atoms with E-state index < -0.39 is 0 Å². The first kappa shape index (κ1) is 12.1. The monoisotopic (exact) mass is 237 g/mol. The summed E-state index contributed by atoms with van der Waals surface area (Å²) in [5, 5.41) is 0.